The van der Waals surface area contributed by atoms with Crippen molar-refractivity contribution in [1.82, 2.24) is 20.0 Å². The average Bonchev–Trinajstić information content (AvgIpc) is 2.85. The molecule has 3 saturated heterocycles. The number of urea groups is 1. The summed E-state index contributed by atoms with van der Waals surface area (Å²) in [4.78, 5) is 43.8. The first-order chi connectivity index (χ1) is 12.4. The Morgan fingerprint density at radius 2 is 1.92 bits per heavy atom. The van der Waals surface area contributed by atoms with Gasteiger partial charge in [-0.25, -0.2) is 4.79 Å². The van der Waals surface area contributed by atoms with Crippen LogP contribution in [0.4, 0.5) is 4.79 Å². The van der Waals surface area contributed by atoms with Gasteiger partial charge in [-0.3, -0.25) is 14.5 Å². The maximum Gasteiger partial charge on any atom is 0.325 e. The zero-order valence-corrected chi connectivity index (χ0v) is 16.3. The number of likely N-dealkylation sites (tertiary alicyclic amines) is 2. The molecule has 0 saturated carbocycles. The number of carbonyl (C=O) groups is 3. The van der Waals surface area contributed by atoms with Crippen LogP contribution in [0.1, 0.15) is 52.9 Å². The normalized spacial score (nSPS) is 26.7. The number of hydrogen-bond donors (Lipinski definition) is 1. The van der Waals surface area contributed by atoms with Crippen LogP contribution in [-0.2, 0) is 9.59 Å². The van der Waals surface area contributed by atoms with E-state index in [9.17, 15) is 14.4 Å². The lowest BCUT2D eigenvalue weighted by Gasteiger charge is -2.39. The van der Waals surface area contributed by atoms with Gasteiger partial charge in [-0.15, -0.1) is 0 Å². The fraction of sp³-hybridized carbons (Fsp3) is 0.842. The third kappa shape index (κ3) is 3.59. The summed E-state index contributed by atoms with van der Waals surface area (Å²) >= 11 is 0. The number of nitrogens with one attached hydrogen (secondary N) is 1. The Labute approximate surface area is 156 Å². The largest absolute Gasteiger partial charge is 0.341 e. The van der Waals surface area contributed by atoms with Crippen molar-refractivity contribution in [1.29, 1.82) is 0 Å². The molecule has 7 heteroatoms. The highest BCUT2D eigenvalue weighted by atomic mass is 16.2. The van der Waals surface area contributed by atoms with Crippen molar-refractivity contribution in [2.75, 3.05) is 32.7 Å². The van der Waals surface area contributed by atoms with Gasteiger partial charge in [0, 0.05) is 32.6 Å². The second-order valence-electron chi connectivity index (χ2n) is 8.36. The molecule has 0 aromatic heterocycles. The van der Waals surface area contributed by atoms with Crippen LogP contribution in [0.2, 0.25) is 0 Å². The van der Waals surface area contributed by atoms with Crippen molar-refractivity contribution in [3.63, 3.8) is 0 Å². The molecule has 1 atom stereocenters. The van der Waals surface area contributed by atoms with Gasteiger partial charge < -0.3 is 15.1 Å². The van der Waals surface area contributed by atoms with E-state index in [1.54, 1.807) is 0 Å². The highest BCUT2D eigenvalue weighted by Gasteiger charge is 2.54. The molecule has 3 rings (SSSR count). The summed E-state index contributed by atoms with van der Waals surface area (Å²) in [5.41, 5.74) is -0.729. The second kappa shape index (κ2) is 7.55. The van der Waals surface area contributed by atoms with Crippen LogP contribution in [0.3, 0.4) is 0 Å². The third-order valence-corrected chi connectivity index (χ3v) is 6.05. The van der Waals surface area contributed by atoms with Crippen molar-refractivity contribution in [3.05, 3.63) is 0 Å². The van der Waals surface area contributed by atoms with Gasteiger partial charge in [0.25, 0.3) is 5.91 Å². The minimum Gasteiger partial charge on any atom is -0.341 e. The van der Waals surface area contributed by atoms with Gasteiger partial charge in [0.2, 0.25) is 5.91 Å². The molecule has 4 amide bonds. The molecule has 146 valence electrons. The van der Waals surface area contributed by atoms with E-state index in [2.05, 4.69) is 17.1 Å². The van der Waals surface area contributed by atoms with Crippen molar-refractivity contribution in [2.45, 2.75) is 64.5 Å². The number of nitrogens with zero attached hydrogens (tertiary/aromatic N) is 3. The maximum atomic E-state index is 13.2. The summed E-state index contributed by atoms with van der Waals surface area (Å²) in [5.74, 6) is 0.357. The molecule has 0 bridgehead atoms. The molecule has 3 aliphatic rings. The van der Waals surface area contributed by atoms with Gasteiger partial charge >= 0.3 is 6.03 Å². The van der Waals surface area contributed by atoms with E-state index in [4.69, 9.17) is 0 Å². The quantitative estimate of drug-likeness (QED) is 0.766. The minimum absolute atomic E-state index is 0.0820. The predicted molar refractivity (Wildman–Crippen MR) is 98.5 cm³/mol. The van der Waals surface area contributed by atoms with E-state index in [-0.39, 0.29) is 23.9 Å². The second-order valence-corrected chi connectivity index (χ2v) is 8.36. The van der Waals surface area contributed by atoms with Crippen LogP contribution < -0.4 is 5.32 Å². The zero-order chi connectivity index (χ0) is 18.9. The van der Waals surface area contributed by atoms with Gasteiger partial charge in [0.1, 0.15) is 5.54 Å². The fourth-order valence-corrected chi connectivity index (χ4v) is 4.43. The molecule has 0 aliphatic carbocycles. The Hall–Kier alpha value is -1.63. The molecule has 7 nitrogen and oxygen atoms in total. The van der Waals surface area contributed by atoms with Crippen molar-refractivity contribution >= 4 is 17.8 Å². The molecular weight excluding hydrogens is 332 g/mol. The first kappa shape index (κ1) is 19.1. The van der Waals surface area contributed by atoms with Crippen LogP contribution in [0.25, 0.3) is 0 Å². The highest BCUT2D eigenvalue weighted by Crippen LogP contribution is 2.32. The molecule has 0 radical (unpaired) electrons. The minimum atomic E-state index is -0.729. The first-order valence-electron chi connectivity index (χ1n) is 10.0. The molecule has 0 aromatic rings. The number of hydrogen-bond acceptors (Lipinski definition) is 4. The highest BCUT2D eigenvalue weighted by molar-refractivity contribution is 6.07. The third-order valence-electron chi connectivity index (χ3n) is 6.05. The van der Waals surface area contributed by atoms with Crippen LogP contribution in [0.15, 0.2) is 0 Å². The standard InChI is InChI=1S/C19H32N4O3/c1-4-21-10-7-19(8-11-21)17(25)23(18(26)20-19)15-6-5-9-22(13-15)16(24)12-14(2)3/h14-15H,4-13H2,1-3H3,(H,20,26)/t15-/m0/s1. The lowest BCUT2D eigenvalue weighted by molar-refractivity contribution is -0.139. The Balaban J connectivity index is 1.68. The molecule has 1 N–H and O–H groups in total. The molecule has 3 fully saturated rings. The summed E-state index contributed by atoms with van der Waals surface area (Å²) in [6, 6.07) is -0.473. The van der Waals surface area contributed by atoms with E-state index < -0.39 is 5.54 Å². The van der Waals surface area contributed by atoms with E-state index in [1.807, 2.05) is 18.7 Å². The maximum absolute atomic E-state index is 13.2. The van der Waals surface area contributed by atoms with Crippen LogP contribution >= 0.6 is 0 Å². The Morgan fingerprint density at radius 3 is 2.54 bits per heavy atom. The van der Waals surface area contributed by atoms with E-state index in [0.29, 0.717) is 31.7 Å². The molecule has 0 unspecified atom stereocenters. The molecule has 3 heterocycles. The van der Waals surface area contributed by atoms with Crippen LogP contribution in [0.5, 0.6) is 0 Å². The average molecular weight is 364 g/mol. The molecule has 26 heavy (non-hydrogen) atoms. The lowest BCUT2D eigenvalue weighted by Crippen LogP contribution is -2.56. The van der Waals surface area contributed by atoms with E-state index in [0.717, 1.165) is 39.0 Å². The molecular formula is C19H32N4O3. The Bertz CT molecular complexity index is 569. The monoisotopic (exact) mass is 364 g/mol. The Morgan fingerprint density at radius 1 is 1.23 bits per heavy atom. The van der Waals surface area contributed by atoms with Crippen molar-refractivity contribution < 1.29 is 14.4 Å². The fourth-order valence-electron chi connectivity index (χ4n) is 4.43. The topological polar surface area (TPSA) is 73.0 Å². The molecule has 1 spiro atoms. The van der Waals surface area contributed by atoms with Crippen LogP contribution in [0, 0.1) is 5.92 Å². The number of imide groups is 1. The van der Waals surface area contributed by atoms with Gasteiger partial charge in [-0.2, -0.15) is 0 Å². The van der Waals surface area contributed by atoms with Crippen molar-refractivity contribution in [3.8, 4) is 0 Å². The predicted octanol–water partition coefficient (Wildman–Crippen LogP) is 1.43. The summed E-state index contributed by atoms with van der Waals surface area (Å²) in [7, 11) is 0. The van der Waals surface area contributed by atoms with E-state index in [1.165, 1.54) is 4.90 Å². The number of piperidine rings is 2. The van der Waals surface area contributed by atoms with Crippen molar-refractivity contribution in [2.24, 2.45) is 5.92 Å². The van der Waals surface area contributed by atoms with Gasteiger partial charge in [-0.05, 0) is 38.1 Å². The zero-order valence-electron chi connectivity index (χ0n) is 16.3. The lowest BCUT2D eigenvalue weighted by atomic mass is 9.87. The van der Waals surface area contributed by atoms with Gasteiger partial charge in [0.15, 0.2) is 0 Å². The number of carbonyl (C=O) groups excluding carboxylic acids is 3. The smallest absolute Gasteiger partial charge is 0.325 e. The summed E-state index contributed by atoms with van der Waals surface area (Å²) in [5, 5.41) is 2.99. The number of rotatable bonds is 4. The van der Waals surface area contributed by atoms with Crippen LogP contribution in [-0.4, -0.2) is 76.8 Å². The molecule has 3 aliphatic heterocycles. The summed E-state index contributed by atoms with van der Waals surface area (Å²) in [6.07, 6.45) is 3.48. The first-order valence-corrected chi connectivity index (χ1v) is 10.0. The number of amides is 4. The SMILES string of the molecule is CCN1CCC2(CC1)NC(=O)N([C@H]1CCCN(C(=O)CC(C)C)C1)C2=O. The molecule has 0 aromatic carbocycles. The summed E-state index contributed by atoms with van der Waals surface area (Å²) < 4.78 is 0. The van der Waals surface area contributed by atoms with E-state index >= 15 is 0 Å². The van der Waals surface area contributed by atoms with Gasteiger partial charge in [-0.1, -0.05) is 20.8 Å². The Kier molecular flexibility index (Phi) is 5.55. The summed E-state index contributed by atoms with van der Waals surface area (Å²) in [6.45, 7) is 10.0. The van der Waals surface area contributed by atoms with Gasteiger partial charge in [0.05, 0.1) is 6.04 Å².